The van der Waals surface area contributed by atoms with Gasteiger partial charge in [-0.2, -0.15) is 0 Å². The molecule has 0 saturated carbocycles. The standard InChI is InChI=1S/C15H18FNS/c1-3-9-17-15(13-8-5-10-18-13)12-7-4-6-11(2)14(12)16/h4-8,10,15,17H,3,9H2,1-2H3. The lowest BCUT2D eigenvalue weighted by Gasteiger charge is -2.19. The molecule has 1 unspecified atom stereocenters. The van der Waals surface area contributed by atoms with Crippen LogP contribution in [-0.2, 0) is 0 Å². The average Bonchev–Trinajstić information content (AvgIpc) is 2.88. The van der Waals surface area contributed by atoms with E-state index in [1.54, 1.807) is 11.3 Å². The highest BCUT2D eigenvalue weighted by Crippen LogP contribution is 2.28. The third kappa shape index (κ3) is 2.79. The maximum atomic E-state index is 14.2. The Hall–Kier alpha value is -1.19. The Kier molecular flexibility index (Phi) is 4.50. The minimum absolute atomic E-state index is 0.0372. The van der Waals surface area contributed by atoms with E-state index in [-0.39, 0.29) is 11.9 Å². The Bertz CT molecular complexity index is 493. The molecule has 0 aliphatic carbocycles. The van der Waals surface area contributed by atoms with Crippen LogP contribution in [0.3, 0.4) is 0 Å². The quantitative estimate of drug-likeness (QED) is 0.848. The highest BCUT2D eigenvalue weighted by Gasteiger charge is 2.18. The molecule has 0 saturated heterocycles. The molecule has 2 aromatic rings. The fraction of sp³-hybridized carbons (Fsp3) is 0.333. The molecule has 1 aromatic heterocycles. The van der Waals surface area contributed by atoms with Crippen LogP contribution in [-0.4, -0.2) is 6.54 Å². The second kappa shape index (κ2) is 6.12. The molecule has 0 aliphatic rings. The number of thiophene rings is 1. The van der Waals surface area contributed by atoms with E-state index >= 15 is 0 Å². The number of aryl methyl sites for hydroxylation is 1. The molecular weight excluding hydrogens is 245 g/mol. The van der Waals surface area contributed by atoms with Crippen molar-refractivity contribution in [1.82, 2.24) is 5.32 Å². The van der Waals surface area contributed by atoms with Gasteiger partial charge >= 0.3 is 0 Å². The minimum Gasteiger partial charge on any atom is -0.306 e. The molecule has 0 spiro atoms. The second-order valence-electron chi connectivity index (χ2n) is 4.38. The molecular formula is C15H18FNS. The summed E-state index contributed by atoms with van der Waals surface area (Å²) in [5, 5.41) is 5.46. The van der Waals surface area contributed by atoms with Crippen molar-refractivity contribution >= 4 is 11.3 Å². The van der Waals surface area contributed by atoms with Crippen molar-refractivity contribution in [2.45, 2.75) is 26.3 Å². The van der Waals surface area contributed by atoms with Gasteiger partial charge in [-0.05, 0) is 36.9 Å². The number of halogens is 1. The lowest BCUT2D eigenvalue weighted by Crippen LogP contribution is -2.23. The predicted molar refractivity (Wildman–Crippen MR) is 75.6 cm³/mol. The molecule has 1 atom stereocenters. The zero-order valence-electron chi connectivity index (χ0n) is 10.7. The molecule has 18 heavy (non-hydrogen) atoms. The van der Waals surface area contributed by atoms with Crippen molar-refractivity contribution in [2.75, 3.05) is 6.54 Å². The van der Waals surface area contributed by atoms with E-state index in [0.29, 0.717) is 5.56 Å². The normalized spacial score (nSPS) is 12.6. The number of benzene rings is 1. The van der Waals surface area contributed by atoms with E-state index in [1.165, 1.54) is 0 Å². The lowest BCUT2D eigenvalue weighted by atomic mass is 10.0. The summed E-state index contributed by atoms with van der Waals surface area (Å²) < 4.78 is 14.2. The molecule has 96 valence electrons. The summed E-state index contributed by atoms with van der Waals surface area (Å²) in [6, 6.07) is 9.63. The number of rotatable bonds is 5. The Morgan fingerprint density at radius 2 is 2.11 bits per heavy atom. The van der Waals surface area contributed by atoms with Crippen LogP contribution < -0.4 is 5.32 Å². The summed E-state index contributed by atoms with van der Waals surface area (Å²) in [7, 11) is 0. The van der Waals surface area contributed by atoms with Gasteiger partial charge in [0.1, 0.15) is 5.82 Å². The van der Waals surface area contributed by atoms with Crippen LogP contribution in [0.4, 0.5) is 4.39 Å². The van der Waals surface area contributed by atoms with E-state index in [0.717, 1.165) is 23.4 Å². The predicted octanol–water partition coefficient (Wildman–Crippen LogP) is 4.28. The fourth-order valence-corrected chi connectivity index (χ4v) is 2.82. The van der Waals surface area contributed by atoms with Crippen LogP contribution in [0.15, 0.2) is 35.7 Å². The van der Waals surface area contributed by atoms with Crippen LogP contribution in [0.1, 0.15) is 35.4 Å². The largest absolute Gasteiger partial charge is 0.306 e. The molecule has 1 heterocycles. The molecule has 0 radical (unpaired) electrons. The highest BCUT2D eigenvalue weighted by molar-refractivity contribution is 7.10. The van der Waals surface area contributed by atoms with Crippen molar-refractivity contribution in [1.29, 1.82) is 0 Å². The Morgan fingerprint density at radius 1 is 1.28 bits per heavy atom. The van der Waals surface area contributed by atoms with Crippen molar-refractivity contribution in [3.8, 4) is 0 Å². The average molecular weight is 263 g/mol. The van der Waals surface area contributed by atoms with E-state index in [1.807, 2.05) is 36.6 Å². The van der Waals surface area contributed by atoms with Crippen LogP contribution in [0.25, 0.3) is 0 Å². The summed E-state index contributed by atoms with van der Waals surface area (Å²) in [5.74, 6) is -0.0977. The first kappa shape index (κ1) is 13.2. The third-order valence-corrected chi connectivity index (χ3v) is 3.90. The Balaban J connectivity index is 2.37. The van der Waals surface area contributed by atoms with E-state index in [2.05, 4.69) is 18.3 Å². The molecule has 0 bridgehead atoms. The molecule has 0 amide bonds. The molecule has 3 heteroatoms. The van der Waals surface area contributed by atoms with Gasteiger partial charge in [0.05, 0.1) is 6.04 Å². The van der Waals surface area contributed by atoms with Gasteiger partial charge in [-0.3, -0.25) is 0 Å². The first-order valence-electron chi connectivity index (χ1n) is 6.25. The number of hydrogen-bond donors (Lipinski definition) is 1. The molecule has 1 aromatic carbocycles. The van der Waals surface area contributed by atoms with Crippen molar-refractivity contribution in [2.24, 2.45) is 0 Å². The van der Waals surface area contributed by atoms with Crippen molar-refractivity contribution in [3.05, 3.63) is 57.5 Å². The summed E-state index contributed by atoms with van der Waals surface area (Å²) >= 11 is 1.66. The second-order valence-corrected chi connectivity index (χ2v) is 5.36. The van der Waals surface area contributed by atoms with Gasteiger partial charge in [-0.25, -0.2) is 4.39 Å². The SMILES string of the molecule is CCCNC(c1cccs1)c1cccc(C)c1F. The van der Waals surface area contributed by atoms with Crippen molar-refractivity contribution in [3.63, 3.8) is 0 Å². The summed E-state index contributed by atoms with van der Waals surface area (Å²) in [4.78, 5) is 1.16. The van der Waals surface area contributed by atoms with Gasteiger partial charge in [0, 0.05) is 10.4 Å². The van der Waals surface area contributed by atoms with Crippen molar-refractivity contribution < 1.29 is 4.39 Å². The minimum atomic E-state index is -0.0977. The topological polar surface area (TPSA) is 12.0 Å². The van der Waals surface area contributed by atoms with E-state index in [9.17, 15) is 4.39 Å². The molecule has 1 nitrogen and oxygen atoms in total. The Labute approximate surface area is 112 Å². The van der Waals surface area contributed by atoms with Crippen LogP contribution >= 0.6 is 11.3 Å². The van der Waals surface area contributed by atoms with E-state index in [4.69, 9.17) is 0 Å². The zero-order valence-corrected chi connectivity index (χ0v) is 11.6. The van der Waals surface area contributed by atoms with Gasteiger partial charge in [-0.15, -0.1) is 11.3 Å². The lowest BCUT2D eigenvalue weighted by molar-refractivity contribution is 0.546. The molecule has 2 rings (SSSR count). The summed E-state index contributed by atoms with van der Waals surface area (Å²) in [5.41, 5.74) is 1.44. The monoisotopic (exact) mass is 263 g/mol. The van der Waals surface area contributed by atoms with Crippen LogP contribution in [0, 0.1) is 12.7 Å². The smallest absolute Gasteiger partial charge is 0.131 e. The molecule has 1 N–H and O–H groups in total. The van der Waals surface area contributed by atoms with E-state index < -0.39 is 0 Å². The first-order chi connectivity index (χ1) is 8.74. The first-order valence-corrected chi connectivity index (χ1v) is 7.13. The highest BCUT2D eigenvalue weighted by atomic mass is 32.1. The number of nitrogens with one attached hydrogen (secondary N) is 1. The summed E-state index contributed by atoms with van der Waals surface area (Å²) in [6.45, 7) is 4.81. The molecule has 0 fully saturated rings. The maximum absolute atomic E-state index is 14.2. The fourth-order valence-electron chi connectivity index (χ4n) is 2.00. The Morgan fingerprint density at radius 3 is 2.78 bits per heavy atom. The van der Waals surface area contributed by atoms with Gasteiger partial charge in [0.25, 0.3) is 0 Å². The van der Waals surface area contributed by atoms with Gasteiger partial charge in [0.2, 0.25) is 0 Å². The van der Waals surface area contributed by atoms with Crippen LogP contribution in [0.2, 0.25) is 0 Å². The summed E-state index contributed by atoms with van der Waals surface area (Å²) in [6.07, 6.45) is 1.04. The van der Waals surface area contributed by atoms with Gasteiger partial charge in [0.15, 0.2) is 0 Å². The van der Waals surface area contributed by atoms with Gasteiger partial charge in [-0.1, -0.05) is 31.2 Å². The zero-order chi connectivity index (χ0) is 13.0. The molecule has 0 aliphatic heterocycles. The third-order valence-electron chi connectivity index (χ3n) is 2.96. The van der Waals surface area contributed by atoms with Gasteiger partial charge < -0.3 is 5.32 Å². The van der Waals surface area contributed by atoms with Crippen LogP contribution in [0.5, 0.6) is 0 Å². The maximum Gasteiger partial charge on any atom is 0.131 e. The number of hydrogen-bond acceptors (Lipinski definition) is 2.